The van der Waals surface area contributed by atoms with Crippen LogP contribution in [0.1, 0.15) is 36.7 Å². The first-order chi connectivity index (χ1) is 10.3. The highest BCUT2D eigenvalue weighted by Crippen LogP contribution is 2.27. The molecule has 1 aromatic heterocycles. The molecule has 1 aromatic carbocycles. The van der Waals surface area contributed by atoms with Gasteiger partial charge in [-0.25, -0.2) is 14.9 Å². The van der Waals surface area contributed by atoms with Crippen LogP contribution in [0.2, 0.25) is 0 Å². The Labute approximate surface area is 127 Å². The van der Waals surface area contributed by atoms with E-state index in [9.17, 15) is 9.18 Å². The van der Waals surface area contributed by atoms with Gasteiger partial charge in [-0.05, 0) is 29.2 Å². The molecule has 0 unspecified atom stereocenters. The van der Waals surface area contributed by atoms with Gasteiger partial charge in [0.15, 0.2) is 5.82 Å². The number of hydroxylamine groups is 1. The van der Waals surface area contributed by atoms with E-state index in [4.69, 9.17) is 9.94 Å². The third kappa shape index (κ3) is 3.59. The maximum atomic E-state index is 13.9. The largest absolute Gasteiger partial charge is 0.436 e. The molecule has 6 heteroatoms. The molecule has 1 heterocycles. The molecule has 0 saturated carbocycles. The minimum Gasteiger partial charge on any atom is -0.436 e. The highest BCUT2D eigenvalue weighted by Gasteiger charge is 2.15. The van der Waals surface area contributed by atoms with Crippen molar-refractivity contribution in [1.82, 2.24) is 10.5 Å². The predicted molar refractivity (Wildman–Crippen MR) is 78.7 cm³/mol. The third-order valence-electron chi connectivity index (χ3n) is 3.11. The minimum atomic E-state index is -0.840. The summed E-state index contributed by atoms with van der Waals surface area (Å²) in [6.07, 6.45) is 1.12. The van der Waals surface area contributed by atoms with Crippen molar-refractivity contribution in [2.45, 2.75) is 26.2 Å². The van der Waals surface area contributed by atoms with Gasteiger partial charge in [-0.15, -0.1) is 0 Å². The summed E-state index contributed by atoms with van der Waals surface area (Å²) in [5, 5.41) is 8.49. The fraction of sp³-hybridized carbons (Fsp3) is 0.250. The Morgan fingerprint density at radius 2 is 1.91 bits per heavy atom. The second-order valence-electron chi connectivity index (χ2n) is 5.83. The lowest BCUT2D eigenvalue weighted by Crippen LogP contribution is -2.19. The average Bonchev–Trinajstić information content (AvgIpc) is 2.48. The summed E-state index contributed by atoms with van der Waals surface area (Å²) in [6, 6.07) is 8.21. The predicted octanol–water partition coefficient (Wildman–Crippen LogP) is 3.43. The lowest BCUT2D eigenvalue weighted by molar-refractivity contribution is 0.0705. The van der Waals surface area contributed by atoms with Crippen LogP contribution in [-0.2, 0) is 5.41 Å². The van der Waals surface area contributed by atoms with E-state index in [1.807, 2.05) is 12.1 Å². The molecule has 0 saturated heterocycles. The first-order valence-corrected chi connectivity index (χ1v) is 6.69. The number of rotatable bonds is 3. The standard InChI is InChI=1S/C16H17FN2O3/c1-16(2,3)11-4-6-12(7-5-11)22-15-13(17)8-10(9-18-15)14(20)19-21/h4-9,21H,1-3H3,(H,19,20). The van der Waals surface area contributed by atoms with E-state index in [0.717, 1.165) is 17.8 Å². The van der Waals surface area contributed by atoms with Crippen molar-refractivity contribution in [1.29, 1.82) is 0 Å². The van der Waals surface area contributed by atoms with Gasteiger partial charge in [-0.2, -0.15) is 0 Å². The number of benzene rings is 1. The first kappa shape index (κ1) is 15.9. The number of hydrogen-bond acceptors (Lipinski definition) is 4. The highest BCUT2D eigenvalue weighted by molar-refractivity contribution is 5.93. The number of amides is 1. The van der Waals surface area contributed by atoms with Crippen molar-refractivity contribution >= 4 is 5.91 Å². The van der Waals surface area contributed by atoms with Gasteiger partial charge in [0, 0.05) is 6.20 Å². The van der Waals surface area contributed by atoms with E-state index in [1.165, 1.54) is 5.48 Å². The van der Waals surface area contributed by atoms with Crippen LogP contribution < -0.4 is 10.2 Å². The van der Waals surface area contributed by atoms with Crippen LogP contribution in [-0.4, -0.2) is 16.1 Å². The van der Waals surface area contributed by atoms with Crippen LogP contribution in [0.25, 0.3) is 0 Å². The topological polar surface area (TPSA) is 71.5 Å². The number of hydrogen-bond donors (Lipinski definition) is 2. The van der Waals surface area contributed by atoms with Crippen molar-refractivity contribution in [3.05, 3.63) is 53.5 Å². The monoisotopic (exact) mass is 304 g/mol. The molecule has 2 aromatic rings. The molecule has 1 amide bonds. The molecular weight excluding hydrogens is 287 g/mol. The van der Waals surface area contributed by atoms with E-state index in [1.54, 1.807) is 12.1 Å². The molecule has 22 heavy (non-hydrogen) atoms. The van der Waals surface area contributed by atoms with Gasteiger partial charge < -0.3 is 4.74 Å². The molecule has 0 spiro atoms. The third-order valence-corrected chi connectivity index (χ3v) is 3.11. The highest BCUT2D eigenvalue weighted by atomic mass is 19.1. The van der Waals surface area contributed by atoms with Crippen LogP contribution >= 0.6 is 0 Å². The van der Waals surface area contributed by atoms with Gasteiger partial charge in [-0.3, -0.25) is 10.0 Å². The summed E-state index contributed by atoms with van der Waals surface area (Å²) < 4.78 is 19.2. The normalized spacial score (nSPS) is 11.1. The average molecular weight is 304 g/mol. The Morgan fingerprint density at radius 3 is 2.41 bits per heavy atom. The number of carbonyl (C=O) groups excluding carboxylic acids is 1. The first-order valence-electron chi connectivity index (χ1n) is 6.69. The lowest BCUT2D eigenvalue weighted by atomic mass is 9.87. The number of nitrogens with one attached hydrogen (secondary N) is 1. The molecule has 0 aliphatic heterocycles. The molecule has 0 bridgehead atoms. The Morgan fingerprint density at radius 1 is 1.27 bits per heavy atom. The van der Waals surface area contributed by atoms with Gasteiger partial charge in [0.1, 0.15) is 5.75 Å². The number of halogens is 1. The minimum absolute atomic E-state index is 0.0152. The summed E-state index contributed by atoms with van der Waals surface area (Å²) in [5.74, 6) is -1.43. The van der Waals surface area contributed by atoms with Crippen LogP contribution in [0.5, 0.6) is 11.6 Å². The smallest absolute Gasteiger partial charge is 0.276 e. The maximum Gasteiger partial charge on any atom is 0.276 e. The molecule has 2 rings (SSSR count). The molecule has 0 radical (unpaired) electrons. The van der Waals surface area contributed by atoms with Crippen molar-refractivity contribution in [2.24, 2.45) is 0 Å². The fourth-order valence-corrected chi connectivity index (χ4v) is 1.82. The number of carbonyl (C=O) groups is 1. The summed E-state index contributed by atoms with van der Waals surface area (Å²) >= 11 is 0. The van der Waals surface area contributed by atoms with Crippen LogP contribution in [0.15, 0.2) is 36.5 Å². The van der Waals surface area contributed by atoms with Crippen molar-refractivity contribution in [2.75, 3.05) is 0 Å². The number of ether oxygens (including phenoxy) is 1. The van der Waals surface area contributed by atoms with E-state index in [0.29, 0.717) is 5.75 Å². The summed E-state index contributed by atoms with van der Waals surface area (Å²) in [4.78, 5) is 14.9. The Balaban J connectivity index is 2.19. The van der Waals surface area contributed by atoms with Crippen molar-refractivity contribution in [3.8, 4) is 11.6 Å². The zero-order valence-electron chi connectivity index (χ0n) is 12.6. The molecule has 0 aliphatic carbocycles. The SMILES string of the molecule is CC(C)(C)c1ccc(Oc2ncc(C(=O)NO)cc2F)cc1. The van der Waals surface area contributed by atoms with Crippen molar-refractivity contribution < 1.29 is 19.1 Å². The Kier molecular flexibility index (Phi) is 4.42. The zero-order valence-corrected chi connectivity index (χ0v) is 12.6. The number of pyridine rings is 1. The lowest BCUT2D eigenvalue weighted by Gasteiger charge is -2.19. The van der Waals surface area contributed by atoms with Crippen LogP contribution in [0.3, 0.4) is 0 Å². The van der Waals surface area contributed by atoms with E-state index in [-0.39, 0.29) is 16.9 Å². The molecule has 0 atom stereocenters. The second-order valence-corrected chi connectivity index (χ2v) is 5.83. The molecule has 2 N–H and O–H groups in total. The number of nitrogens with zero attached hydrogens (tertiary/aromatic N) is 1. The van der Waals surface area contributed by atoms with E-state index < -0.39 is 11.7 Å². The number of aromatic nitrogens is 1. The molecule has 116 valence electrons. The summed E-state index contributed by atoms with van der Waals surface area (Å²) in [6.45, 7) is 6.28. The van der Waals surface area contributed by atoms with Gasteiger partial charge >= 0.3 is 0 Å². The van der Waals surface area contributed by atoms with Gasteiger partial charge in [0.2, 0.25) is 0 Å². The zero-order chi connectivity index (χ0) is 16.3. The Hall–Kier alpha value is -2.47. The molecule has 0 fully saturated rings. The van der Waals surface area contributed by atoms with E-state index >= 15 is 0 Å². The van der Waals surface area contributed by atoms with Crippen LogP contribution in [0.4, 0.5) is 4.39 Å². The van der Waals surface area contributed by atoms with Gasteiger partial charge in [-0.1, -0.05) is 32.9 Å². The van der Waals surface area contributed by atoms with Crippen LogP contribution in [0, 0.1) is 5.82 Å². The fourth-order valence-electron chi connectivity index (χ4n) is 1.82. The quantitative estimate of drug-likeness (QED) is 0.673. The Bertz CT molecular complexity index is 679. The molecule has 0 aliphatic rings. The summed E-state index contributed by atoms with van der Waals surface area (Å²) in [5.41, 5.74) is 2.45. The summed E-state index contributed by atoms with van der Waals surface area (Å²) in [7, 11) is 0. The molecular formula is C16H17FN2O3. The van der Waals surface area contributed by atoms with Crippen molar-refractivity contribution in [3.63, 3.8) is 0 Å². The van der Waals surface area contributed by atoms with E-state index in [2.05, 4.69) is 25.8 Å². The van der Waals surface area contributed by atoms with Gasteiger partial charge in [0.25, 0.3) is 11.8 Å². The maximum absolute atomic E-state index is 13.9. The second kappa shape index (κ2) is 6.11. The van der Waals surface area contributed by atoms with Gasteiger partial charge in [0.05, 0.1) is 5.56 Å². The molecule has 5 nitrogen and oxygen atoms in total.